The van der Waals surface area contributed by atoms with E-state index in [9.17, 15) is 5.26 Å². The molecule has 2 aromatic heterocycles. The van der Waals surface area contributed by atoms with Gasteiger partial charge in [0.15, 0.2) is 34.9 Å². The van der Waals surface area contributed by atoms with Gasteiger partial charge in [0.2, 0.25) is 0 Å². The van der Waals surface area contributed by atoms with Gasteiger partial charge >= 0.3 is 0 Å². The summed E-state index contributed by atoms with van der Waals surface area (Å²) in [5, 5.41) is 9.88. The maximum absolute atomic E-state index is 9.88. The summed E-state index contributed by atoms with van der Waals surface area (Å²) in [4.78, 5) is 29.2. The lowest BCUT2D eigenvalue weighted by Gasteiger charge is -2.13. The Morgan fingerprint density at radius 1 is 0.268 bits per heavy atom. The molecule has 0 fully saturated rings. The second-order valence-electron chi connectivity index (χ2n) is 13.1. The molecule has 2 heterocycles. The lowest BCUT2D eigenvalue weighted by atomic mass is 9.92. The van der Waals surface area contributed by atoms with Crippen LogP contribution >= 0.6 is 0 Å². The Bertz CT molecular complexity index is 2710. The first-order valence-corrected chi connectivity index (χ1v) is 18.2. The number of aromatic nitrogens is 6. The summed E-state index contributed by atoms with van der Waals surface area (Å²) in [6.07, 6.45) is 0. The Morgan fingerprint density at radius 3 is 0.839 bits per heavy atom. The van der Waals surface area contributed by atoms with E-state index < -0.39 is 0 Å². The largest absolute Gasteiger partial charge is 0.208 e. The van der Waals surface area contributed by atoms with E-state index in [0.29, 0.717) is 40.5 Å². The zero-order valence-electron chi connectivity index (χ0n) is 30.0. The van der Waals surface area contributed by atoms with E-state index in [-0.39, 0.29) is 0 Å². The molecule has 7 heteroatoms. The molecule has 7 nitrogen and oxygen atoms in total. The van der Waals surface area contributed by atoms with Crippen LogP contribution in [0.2, 0.25) is 0 Å². The molecule has 0 unspecified atom stereocenters. The summed E-state index contributed by atoms with van der Waals surface area (Å²) < 4.78 is 0. The minimum Gasteiger partial charge on any atom is -0.208 e. The molecule has 0 bridgehead atoms. The Kier molecular flexibility index (Phi) is 9.18. The molecule has 9 aromatic rings. The molecular weight excluding hydrogens is 687 g/mol. The number of nitrogens with zero attached hydrogens (tertiary/aromatic N) is 7. The minimum atomic E-state index is 0.578. The molecule has 262 valence electrons. The topological polar surface area (TPSA) is 101 Å². The molecular formula is C49H31N7. The maximum atomic E-state index is 9.88. The molecule has 0 aliphatic carbocycles. The molecule has 0 atom stereocenters. The first-order chi connectivity index (χ1) is 27.7. The van der Waals surface area contributed by atoms with E-state index in [1.54, 1.807) is 0 Å². The van der Waals surface area contributed by atoms with Crippen molar-refractivity contribution in [3.63, 3.8) is 0 Å². The molecule has 56 heavy (non-hydrogen) atoms. The number of nitriles is 1. The van der Waals surface area contributed by atoms with E-state index in [1.807, 2.05) is 164 Å². The Labute approximate surface area is 324 Å². The fourth-order valence-electron chi connectivity index (χ4n) is 6.58. The average molecular weight is 718 g/mol. The smallest absolute Gasteiger partial charge is 0.164 e. The van der Waals surface area contributed by atoms with E-state index in [2.05, 4.69) is 30.3 Å². The van der Waals surface area contributed by atoms with E-state index in [1.165, 1.54) is 0 Å². The first-order valence-electron chi connectivity index (χ1n) is 18.2. The van der Waals surface area contributed by atoms with Gasteiger partial charge in [-0.25, -0.2) is 29.9 Å². The van der Waals surface area contributed by atoms with Crippen LogP contribution in [-0.4, -0.2) is 29.9 Å². The van der Waals surface area contributed by atoms with Crippen LogP contribution in [0.1, 0.15) is 5.56 Å². The summed E-state index contributed by atoms with van der Waals surface area (Å²) >= 11 is 0. The van der Waals surface area contributed by atoms with Crippen LogP contribution in [0.5, 0.6) is 0 Å². The van der Waals surface area contributed by atoms with Crippen molar-refractivity contribution in [2.24, 2.45) is 0 Å². The van der Waals surface area contributed by atoms with Gasteiger partial charge in [-0.1, -0.05) is 176 Å². The van der Waals surface area contributed by atoms with Crippen LogP contribution in [0.25, 0.3) is 90.6 Å². The van der Waals surface area contributed by atoms with Gasteiger partial charge in [0.05, 0.1) is 11.6 Å². The fourth-order valence-corrected chi connectivity index (χ4v) is 6.58. The van der Waals surface area contributed by atoms with Crippen LogP contribution in [0, 0.1) is 11.3 Å². The van der Waals surface area contributed by atoms with Crippen LogP contribution in [0.3, 0.4) is 0 Å². The van der Waals surface area contributed by atoms with Crippen LogP contribution < -0.4 is 0 Å². The molecule has 0 radical (unpaired) electrons. The zero-order chi connectivity index (χ0) is 37.7. The van der Waals surface area contributed by atoms with Gasteiger partial charge in [0.25, 0.3) is 0 Å². The van der Waals surface area contributed by atoms with E-state index >= 15 is 0 Å². The van der Waals surface area contributed by atoms with E-state index in [4.69, 9.17) is 29.9 Å². The first kappa shape index (κ1) is 33.9. The standard InChI is InChI=1S/C49H31N7/c50-32-33-21-30-42(34-22-26-40(27-23-34)48-53-44(36-13-5-1-6-14-36)51-45(54-48)37-15-7-2-8-16-37)43(31-33)35-24-28-41(29-25-35)49-55-46(38-17-9-3-10-18-38)52-47(56-49)39-19-11-4-12-20-39/h1-31H. The molecule has 0 aliphatic heterocycles. The van der Waals surface area contributed by atoms with Gasteiger partial charge in [-0.05, 0) is 34.4 Å². The summed E-state index contributed by atoms with van der Waals surface area (Å²) in [7, 11) is 0. The Balaban J connectivity index is 1.07. The van der Waals surface area contributed by atoms with Crippen molar-refractivity contribution >= 4 is 0 Å². The second-order valence-corrected chi connectivity index (χ2v) is 13.1. The highest BCUT2D eigenvalue weighted by molar-refractivity contribution is 5.86. The van der Waals surface area contributed by atoms with Crippen LogP contribution in [-0.2, 0) is 0 Å². The lowest BCUT2D eigenvalue weighted by Crippen LogP contribution is -2.00. The van der Waals surface area contributed by atoms with Crippen molar-refractivity contribution < 1.29 is 0 Å². The minimum absolute atomic E-state index is 0.578. The number of rotatable bonds is 8. The van der Waals surface area contributed by atoms with E-state index in [0.717, 1.165) is 55.6 Å². The zero-order valence-corrected chi connectivity index (χ0v) is 30.0. The molecule has 0 amide bonds. The number of benzene rings is 7. The summed E-state index contributed by atoms with van der Waals surface area (Å²) in [6, 6.07) is 64.3. The molecule has 0 N–H and O–H groups in total. The monoisotopic (exact) mass is 717 g/mol. The summed E-state index contributed by atoms with van der Waals surface area (Å²) in [5.41, 5.74) is 9.85. The van der Waals surface area contributed by atoms with Crippen molar-refractivity contribution in [1.29, 1.82) is 5.26 Å². The van der Waals surface area contributed by atoms with Crippen molar-refractivity contribution in [2.75, 3.05) is 0 Å². The van der Waals surface area contributed by atoms with Gasteiger partial charge in [-0.15, -0.1) is 0 Å². The van der Waals surface area contributed by atoms with Crippen molar-refractivity contribution in [1.82, 2.24) is 29.9 Å². The van der Waals surface area contributed by atoms with Crippen molar-refractivity contribution in [3.05, 3.63) is 194 Å². The number of hydrogen-bond donors (Lipinski definition) is 0. The highest BCUT2D eigenvalue weighted by Crippen LogP contribution is 2.36. The average Bonchev–Trinajstić information content (AvgIpc) is 3.30. The molecule has 0 saturated heterocycles. The van der Waals surface area contributed by atoms with Gasteiger partial charge in [-0.3, -0.25) is 0 Å². The predicted octanol–water partition coefficient (Wildman–Crippen LogP) is 11.3. The SMILES string of the molecule is N#Cc1ccc(-c2ccc(-c3nc(-c4ccccc4)nc(-c4ccccc4)n3)cc2)c(-c2ccc(-c3nc(-c4ccccc4)nc(-c4ccccc4)n3)cc2)c1. The van der Waals surface area contributed by atoms with Gasteiger partial charge in [0.1, 0.15) is 0 Å². The summed E-state index contributed by atoms with van der Waals surface area (Å²) in [6.45, 7) is 0. The molecule has 0 spiro atoms. The van der Waals surface area contributed by atoms with Gasteiger partial charge < -0.3 is 0 Å². The van der Waals surface area contributed by atoms with Crippen LogP contribution in [0.4, 0.5) is 0 Å². The maximum Gasteiger partial charge on any atom is 0.164 e. The molecule has 0 aliphatic rings. The third kappa shape index (κ3) is 7.06. The lowest BCUT2D eigenvalue weighted by molar-refractivity contribution is 1.07. The highest BCUT2D eigenvalue weighted by atomic mass is 15.0. The third-order valence-corrected chi connectivity index (χ3v) is 9.46. The number of hydrogen-bond acceptors (Lipinski definition) is 7. The molecule has 7 aromatic carbocycles. The normalized spacial score (nSPS) is 10.8. The third-order valence-electron chi connectivity index (χ3n) is 9.46. The van der Waals surface area contributed by atoms with Gasteiger partial charge in [-0.2, -0.15) is 5.26 Å². The molecule has 0 saturated carbocycles. The Morgan fingerprint density at radius 2 is 0.536 bits per heavy atom. The van der Waals surface area contributed by atoms with Gasteiger partial charge in [0, 0.05) is 33.4 Å². The fraction of sp³-hybridized carbons (Fsp3) is 0. The molecule has 9 rings (SSSR count). The second kappa shape index (κ2) is 15.2. The Hall–Kier alpha value is -7.95. The highest BCUT2D eigenvalue weighted by Gasteiger charge is 2.16. The van der Waals surface area contributed by atoms with Crippen LogP contribution in [0.15, 0.2) is 188 Å². The van der Waals surface area contributed by atoms with Crippen molar-refractivity contribution in [2.45, 2.75) is 0 Å². The van der Waals surface area contributed by atoms with Crippen molar-refractivity contribution in [3.8, 4) is 96.7 Å². The predicted molar refractivity (Wildman–Crippen MR) is 221 cm³/mol. The summed E-state index contributed by atoms with van der Waals surface area (Å²) in [5.74, 6) is 3.60. The quantitative estimate of drug-likeness (QED) is 0.154.